The Bertz CT molecular complexity index is 221. The zero-order chi connectivity index (χ0) is 9.52. The van der Waals surface area contributed by atoms with Crippen LogP contribution in [0.25, 0.3) is 0 Å². The third kappa shape index (κ3) is 3.92. The number of rotatable bonds is 5. The SMILES string of the molecule is CCC(C)CCNc1cccnc1. The van der Waals surface area contributed by atoms with Gasteiger partial charge in [-0.1, -0.05) is 20.3 Å². The molecule has 0 spiro atoms. The molecule has 0 amide bonds. The van der Waals surface area contributed by atoms with E-state index in [9.17, 15) is 0 Å². The fourth-order valence-electron chi connectivity index (χ4n) is 1.13. The largest absolute Gasteiger partial charge is 0.384 e. The van der Waals surface area contributed by atoms with Crippen molar-refractivity contribution in [1.82, 2.24) is 4.98 Å². The first-order chi connectivity index (χ1) is 6.33. The molecule has 0 saturated carbocycles. The Labute approximate surface area is 80.4 Å². The number of aromatic nitrogens is 1. The van der Waals surface area contributed by atoms with Gasteiger partial charge in [-0.25, -0.2) is 0 Å². The summed E-state index contributed by atoms with van der Waals surface area (Å²) in [6.07, 6.45) is 6.14. The van der Waals surface area contributed by atoms with Crippen LogP contribution in [0.4, 0.5) is 5.69 Å². The maximum Gasteiger partial charge on any atom is 0.0526 e. The van der Waals surface area contributed by atoms with Crippen molar-refractivity contribution < 1.29 is 0 Å². The topological polar surface area (TPSA) is 24.9 Å². The van der Waals surface area contributed by atoms with E-state index in [0.717, 1.165) is 18.2 Å². The second-order valence-electron chi connectivity index (χ2n) is 3.47. The minimum absolute atomic E-state index is 0.809. The van der Waals surface area contributed by atoms with E-state index in [1.54, 1.807) is 6.20 Å². The summed E-state index contributed by atoms with van der Waals surface area (Å²) in [5.41, 5.74) is 1.12. The first-order valence-electron chi connectivity index (χ1n) is 4.96. The van der Waals surface area contributed by atoms with Gasteiger partial charge >= 0.3 is 0 Å². The third-order valence-electron chi connectivity index (χ3n) is 2.32. The molecule has 0 aliphatic heterocycles. The first kappa shape index (κ1) is 10.0. The summed E-state index contributed by atoms with van der Waals surface area (Å²) in [5.74, 6) is 0.809. The lowest BCUT2D eigenvalue weighted by molar-refractivity contribution is 0.532. The van der Waals surface area contributed by atoms with Gasteiger partial charge in [0.25, 0.3) is 0 Å². The minimum Gasteiger partial charge on any atom is -0.384 e. The predicted octanol–water partition coefficient (Wildman–Crippen LogP) is 2.93. The number of anilines is 1. The van der Waals surface area contributed by atoms with Crippen LogP contribution in [0, 0.1) is 5.92 Å². The molecule has 2 nitrogen and oxygen atoms in total. The van der Waals surface area contributed by atoms with Gasteiger partial charge in [0.15, 0.2) is 0 Å². The van der Waals surface area contributed by atoms with Gasteiger partial charge < -0.3 is 5.32 Å². The van der Waals surface area contributed by atoms with Crippen LogP contribution in [-0.2, 0) is 0 Å². The highest BCUT2D eigenvalue weighted by molar-refractivity contribution is 5.39. The molecule has 2 heteroatoms. The molecule has 1 atom stereocenters. The Hall–Kier alpha value is -1.05. The highest BCUT2D eigenvalue weighted by Crippen LogP contribution is 2.08. The van der Waals surface area contributed by atoms with E-state index < -0.39 is 0 Å². The van der Waals surface area contributed by atoms with Gasteiger partial charge in [0.1, 0.15) is 0 Å². The van der Waals surface area contributed by atoms with Crippen LogP contribution < -0.4 is 5.32 Å². The van der Waals surface area contributed by atoms with Crippen LogP contribution in [-0.4, -0.2) is 11.5 Å². The van der Waals surface area contributed by atoms with Gasteiger partial charge in [0.05, 0.1) is 5.69 Å². The van der Waals surface area contributed by atoms with Crippen LogP contribution in [0.5, 0.6) is 0 Å². The zero-order valence-corrected chi connectivity index (χ0v) is 8.46. The summed E-state index contributed by atoms with van der Waals surface area (Å²) in [5, 5.41) is 3.35. The molecular formula is C11H18N2. The first-order valence-corrected chi connectivity index (χ1v) is 4.96. The molecule has 0 aliphatic rings. The third-order valence-corrected chi connectivity index (χ3v) is 2.32. The van der Waals surface area contributed by atoms with E-state index in [4.69, 9.17) is 0 Å². The fourth-order valence-corrected chi connectivity index (χ4v) is 1.13. The number of pyridine rings is 1. The Kier molecular flexibility index (Phi) is 4.30. The molecule has 0 fully saturated rings. The van der Waals surface area contributed by atoms with E-state index in [1.807, 2.05) is 18.3 Å². The number of hydrogen-bond donors (Lipinski definition) is 1. The Morgan fingerprint density at radius 3 is 3.00 bits per heavy atom. The van der Waals surface area contributed by atoms with Gasteiger partial charge in [-0.3, -0.25) is 4.98 Å². The molecule has 0 aromatic carbocycles. The average Bonchev–Trinajstić information content (AvgIpc) is 2.19. The van der Waals surface area contributed by atoms with Crippen molar-refractivity contribution in [1.29, 1.82) is 0 Å². The molecule has 0 radical (unpaired) electrons. The van der Waals surface area contributed by atoms with Crippen molar-refractivity contribution in [3.8, 4) is 0 Å². The second-order valence-corrected chi connectivity index (χ2v) is 3.47. The van der Waals surface area contributed by atoms with E-state index in [-0.39, 0.29) is 0 Å². The van der Waals surface area contributed by atoms with Crippen LogP contribution in [0.3, 0.4) is 0 Å². The summed E-state index contributed by atoms with van der Waals surface area (Å²) in [6, 6.07) is 4.00. The smallest absolute Gasteiger partial charge is 0.0526 e. The molecular weight excluding hydrogens is 160 g/mol. The molecule has 0 aliphatic carbocycles. The maximum absolute atomic E-state index is 4.04. The number of hydrogen-bond acceptors (Lipinski definition) is 2. The summed E-state index contributed by atoms with van der Waals surface area (Å²) in [7, 11) is 0. The van der Waals surface area contributed by atoms with Crippen molar-refractivity contribution in [3.63, 3.8) is 0 Å². The van der Waals surface area contributed by atoms with Crippen molar-refractivity contribution in [3.05, 3.63) is 24.5 Å². The van der Waals surface area contributed by atoms with Gasteiger partial charge in [-0.05, 0) is 24.5 Å². The fraction of sp³-hybridized carbons (Fsp3) is 0.545. The van der Waals surface area contributed by atoms with Gasteiger partial charge in [0.2, 0.25) is 0 Å². The molecule has 1 N–H and O–H groups in total. The molecule has 0 bridgehead atoms. The molecule has 72 valence electrons. The highest BCUT2D eigenvalue weighted by atomic mass is 14.9. The van der Waals surface area contributed by atoms with Gasteiger partial charge in [0, 0.05) is 18.9 Å². The second kappa shape index (κ2) is 5.57. The Morgan fingerprint density at radius 1 is 1.54 bits per heavy atom. The van der Waals surface area contributed by atoms with Crippen LogP contribution >= 0.6 is 0 Å². The van der Waals surface area contributed by atoms with Crippen molar-refractivity contribution >= 4 is 5.69 Å². The van der Waals surface area contributed by atoms with Crippen molar-refractivity contribution in [2.75, 3.05) is 11.9 Å². The molecule has 13 heavy (non-hydrogen) atoms. The van der Waals surface area contributed by atoms with Crippen molar-refractivity contribution in [2.45, 2.75) is 26.7 Å². The Morgan fingerprint density at radius 2 is 2.38 bits per heavy atom. The molecule has 0 saturated heterocycles. The predicted molar refractivity (Wildman–Crippen MR) is 56.8 cm³/mol. The van der Waals surface area contributed by atoms with Crippen molar-refractivity contribution in [2.24, 2.45) is 5.92 Å². The molecule has 1 unspecified atom stereocenters. The minimum atomic E-state index is 0.809. The summed E-state index contributed by atoms with van der Waals surface area (Å²) >= 11 is 0. The normalized spacial score (nSPS) is 12.5. The highest BCUT2D eigenvalue weighted by Gasteiger charge is 1.97. The monoisotopic (exact) mass is 178 g/mol. The molecule has 1 aromatic rings. The standard InChI is InChI=1S/C11H18N2/c1-3-10(2)6-8-13-11-5-4-7-12-9-11/h4-5,7,9-10,13H,3,6,8H2,1-2H3. The van der Waals surface area contributed by atoms with Crippen LogP contribution in [0.2, 0.25) is 0 Å². The lowest BCUT2D eigenvalue weighted by Crippen LogP contribution is -2.06. The summed E-state index contributed by atoms with van der Waals surface area (Å²) in [4.78, 5) is 4.04. The van der Waals surface area contributed by atoms with Gasteiger partial charge in [-0.15, -0.1) is 0 Å². The van der Waals surface area contributed by atoms with Crippen LogP contribution in [0.1, 0.15) is 26.7 Å². The quantitative estimate of drug-likeness (QED) is 0.749. The molecule has 1 heterocycles. The number of nitrogens with zero attached hydrogens (tertiary/aromatic N) is 1. The van der Waals surface area contributed by atoms with Gasteiger partial charge in [-0.2, -0.15) is 0 Å². The zero-order valence-electron chi connectivity index (χ0n) is 8.46. The van der Waals surface area contributed by atoms with E-state index in [1.165, 1.54) is 12.8 Å². The van der Waals surface area contributed by atoms with E-state index in [2.05, 4.69) is 24.1 Å². The Balaban J connectivity index is 2.20. The summed E-state index contributed by atoms with van der Waals surface area (Å²) in [6.45, 7) is 5.56. The van der Waals surface area contributed by atoms with E-state index >= 15 is 0 Å². The summed E-state index contributed by atoms with van der Waals surface area (Å²) < 4.78 is 0. The lowest BCUT2D eigenvalue weighted by atomic mass is 10.1. The average molecular weight is 178 g/mol. The lowest BCUT2D eigenvalue weighted by Gasteiger charge is -2.09. The number of nitrogens with one attached hydrogen (secondary N) is 1. The molecule has 1 aromatic heterocycles. The van der Waals surface area contributed by atoms with E-state index in [0.29, 0.717) is 0 Å². The van der Waals surface area contributed by atoms with Crippen LogP contribution in [0.15, 0.2) is 24.5 Å². The maximum atomic E-state index is 4.04. The molecule has 1 rings (SSSR count).